The van der Waals surface area contributed by atoms with Gasteiger partial charge in [0.05, 0.1) is 18.3 Å². The molecular formula is C24H28N8OS. The van der Waals surface area contributed by atoms with Gasteiger partial charge in [-0.15, -0.1) is 11.3 Å². The van der Waals surface area contributed by atoms with E-state index >= 15 is 0 Å². The molecule has 1 saturated heterocycles. The van der Waals surface area contributed by atoms with Gasteiger partial charge in [-0.25, -0.2) is 15.0 Å². The van der Waals surface area contributed by atoms with Crippen molar-refractivity contribution in [2.24, 2.45) is 0 Å². The minimum Gasteiger partial charge on any atom is -0.340 e. The molecular weight excluding hydrogens is 448 g/mol. The highest BCUT2D eigenvalue weighted by atomic mass is 32.1. The molecule has 1 atom stereocenters. The van der Waals surface area contributed by atoms with Gasteiger partial charge in [-0.1, -0.05) is 0 Å². The Morgan fingerprint density at radius 1 is 1.32 bits per heavy atom. The maximum Gasteiger partial charge on any atom is 0.273 e. The summed E-state index contributed by atoms with van der Waals surface area (Å²) in [4.78, 5) is 34.3. The summed E-state index contributed by atoms with van der Waals surface area (Å²) < 4.78 is 0. The van der Waals surface area contributed by atoms with Crippen molar-refractivity contribution in [3.8, 4) is 6.07 Å². The zero-order valence-electron chi connectivity index (χ0n) is 19.4. The van der Waals surface area contributed by atoms with Crippen LogP contribution in [0.2, 0.25) is 0 Å². The first-order chi connectivity index (χ1) is 16.5. The Morgan fingerprint density at radius 3 is 2.94 bits per heavy atom. The number of carbonyl (C=O) groups is 1. The standard InChI is InChI=1S/C24H28N8OS/c1-17-27-20(19-4-3-11-32(15-19)13-8-25)14-22(28-17)30-24-29-21(16-34-24)23(33)31(2)12-7-18-5-9-26-10-6-18/h5-6,9-10,14,16,19H,3-4,7,11-13,15H2,1-2H3,(H,27,28,29,30)/t19-/m0/s1. The molecule has 3 aromatic rings. The van der Waals surface area contributed by atoms with Crippen LogP contribution in [0.25, 0.3) is 0 Å². The second kappa shape index (κ2) is 11.1. The third-order valence-corrected chi connectivity index (χ3v) is 6.62. The van der Waals surface area contributed by atoms with Crippen molar-refractivity contribution in [2.75, 3.05) is 38.5 Å². The zero-order valence-corrected chi connectivity index (χ0v) is 20.3. The Hall–Kier alpha value is -3.42. The molecule has 34 heavy (non-hydrogen) atoms. The fraction of sp³-hybridized carbons (Fsp3) is 0.417. The van der Waals surface area contributed by atoms with Crippen molar-refractivity contribution < 1.29 is 4.79 Å². The first-order valence-electron chi connectivity index (χ1n) is 11.3. The highest BCUT2D eigenvalue weighted by Gasteiger charge is 2.23. The van der Waals surface area contributed by atoms with Crippen LogP contribution in [0, 0.1) is 18.3 Å². The van der Waals surface area contributed by atoms with Crippen LogP contribution in [0.5, 0.6) is 0 Å². The number of aryl methyl sites for hydroxylation is 1. The number of rotatable bonds is 8. The van der Waals surface area contributed by atoms with Crippen molar-refractivity contribution in [1.29, 1.82) is 5.26 Å². The van der Waals surface area contributed by atoms with E-state index in [1.54, 1.807) is 29.7 Å². The predicted molar refractivity (Wildman–Crippen MR) is 131 cm³/mol. The summed E-state index contributed by atoms with van der Waals surface area (Å²) in [5, 5.41) is 14.7. The maximum absolute atomic E-state index is 12.8. The smallest absolute Gasteiger partial charge is 0.273 e. The van der Waals surface area contributed by atoms with Crippen LogP contribution in [-0.4, -0.2) is 68.9 Å². The number of likely N-dealkylation sites (tertiary alicyclic amines) is 1. The zero-order chi connectivity index (χ0) is 23.9. The molecule has 0 bridgehead atoms. The van der Waals surface area contributed by atoms with E-state index in [0.717, 1.165) is 43.6 Å². The van der Waals surface area contributed by atoms with E-state index in [-0.39, 0.29) is 11.8 Å². The third kappa shape index (κ3) is 6.12. The van der Waals surface area contributed by atoms with Crippen LogP contribution in [0.3, 0.4) is 0 Å². The van der Waals surface area contributed by atoms with E-state index in [0.29, 0.717) is 35.6 Å². The lowest BCUT2D eigenvalue weighted by atomic mass is 9.94. The Balaban J connectivity index is 1.39. The fourth-order valence-corrected chi connectivity index (χ4v) is 4.78. The van der Waals surface area contributed by atoms with Gasteiger partial charge in [0.1, 0.15) is 17.3 Å². The maximum atomic E-state index is 12.8. The number of carbonyl (C=O) groups excluding carboxylic acids is 1. The van der Waals surface area contributed by atoms with Crippen LogP contribution in [0.15, 0.2) is 36.0 Å². The normalized spacial score (nSPS) is 16.1. The topological polar surface area (TPSA) is 111 Å². The van der Waals surface area contributed by atoms with Crippen LogP contribution in [0.4, 0.5) is 10.9 Å². The van der Waals surface area contributed by atoms with Crippen LogP contribution in [0.1, 0.15) is 46.3 Å². The summed E-state index contributed by atoms with van der Waals surface area (Å²) in [5.41, 5.74) is 2.52. The Morgan fingerprint density at radius 2 is 2.15 bits per heavy atom. The molecule has 0 aliphatic carbocycles. The lowest BCUT2D eigenvalue weighted by Crippen LogP contribution is -2.35. The molecule has 10 heteroatoms. The Kier molecular flexibility index (Phi) is 7.77. The van der Waals surface area contributed by atoms with Gasteiger partial charge in [0.15, 0.2) is 5.13 Å². The second-order valence-electron chi connectivity index (χ2n) is 8.45. The molecule has 4 rings (SSSR count). The number of amides is 1. The minimum absolute atomic E-state index is 0.113. The van der Waals surface area contributed by atoms with Gasteiger partial charge in [0.25, 0.3) is 5.91 Å². The van der Waals surface area contributed by atoms with E-state index in [9.17, 15) is 4.79 Å². The molecule has 176 valence electrons. The summed E-state index contributed by atoms with van der Waals surface area (Å²) in [6.07, 6.45) is 6.36. The number of nitrogens with one attached hydrogen (secondary N) is 1. The summed E-state index contributed by atoms with van der Waals surface area (Å²) in [6.45, 7) is 4.69. The molecule has 0 saturated carbocycles. The van der Waals surface area contributed by atoms with Crippen molar-refractivity contribution in [2.45, 2.75) is 32.1 Å². The van der Waals surface area contributed by atoms with Gasteiger partial charge in [-0.3, -0.25) is 14.7 Å². The van der Waals surface area contributed by atoms with Crippen molar-refractivity contribution in [1.82, 2.24) is 29.7 Å². The largest absolute Gasteiger partial charge is 0.340 e. The lowest BCUT2D eigenvalue weighted by Gasteiger charge is -2.30. The molecule has 4 heterocycles. The van der Waals surface area contributed by atoms with Gasteiger partial charge in [-0.05, 0) is 50.4 Å². The van der Waals surface area contributed by atoms with Crippen molar-refractivity contribution in [3.63, 3.8) is 0 Å². The van der Waals surface area contributed by atoms with Crippen molar-refractivity contribution in [3.05, 3.63) is 58.7 Å². The first kappa shape index (κ1) is 23.7. The molecule has 3 aromatic heterocycles. The van der Waals surface area contributed by atoms with Gasteiger partial charge in [-0.2, -0.15) is 5.26 Å². The number of aromatic nitrogens is 4. The van der Waals surface area contributed by atoms with E-state index < -0.39 is 0 Å². The van der Waals surface area contributed by atoms with Gasteiger partial charge in [0.2, 0.25) is 0 Å². The van der Waals surface area contributed by atoms with Gasteiger partial charge >= 0.3 is 0 Å². The quantitative estimate of drug-likeness (QED) is 0.493. The van der Waals surface area contributed by atoms with E-state index in [1.165, 1.54) is 11.3 Å². The number of pyridine rings is 1. The molecule has 9 nitrogen and oxygen atoms in total. The highest BCUT2D eigenvalue weighted by Crippen LogP contribution is 2.28. The van der Waals surface area contributed by atoms with Gasteiger partial charge < -0.3 is 10.2 Å². The summed E-state index contributed by atoms with van der Waals surface area (Å²) >= 11 is 1.38. The number of likely N-dealkylation sites (N-methyl/N-ethyl adjacent to an activating group) is 1. The number of nitriles is 1. The van der Waals surface area contributed by atoms with E-state index in [2.05, 4.69) is 36.2 Å². The number of thiazole rings is 1. The number of anilines is 2. The summed E-state index contributed by atoms with van der Waals surface area (Å²) in [5.74, 6) is 1.50. The Bertz CT molecular complexity index is 1160. The molecule has 0 radical (unpaired) electrons. The minimum atomic E-state index is -0.113. The van der Waals surface area contributed by atoms with E-state index in [4.69, 9.17) is 5.26 Å². The number of hydrogen-bond donors (Lipinski definition) is 1. The lowest BCUT2D eigenvalue weighted by molar-refractivity contribution is 0.0792. The fourth-order valence-electron chi connectivity index (χ4n) is 4.09. The second-order valence-corrected chi connectivity index (χ2v) is 9.31. The van der Waals surface area contributed by atoms with E-state index in [1.807, 2.05) is 25.1 Å². The van der Waals surface area contributed by atoms with Crippen molar-refractivity contribution >= 4 is 28.2 Å². The predicted octanol–water partition coefficient (Wildman–Crippen LogP) is 3.40. The average Bonchev–Trinajstić information content (AvgIpc) is 3.31. The number of piperidine rings is 1. The molecule has 1 aliphatic rings. The number of hydrogen-bond acceptors (Lipinski definition) is 9. The van der Waals surface area contributed by atoms with Crippen LogP contribution < -0.4 is 5.32 Å². The monoisotopic (exact) mass is 476 g/mol. The molecule has 0 aromatic carbocycles. The molecule has 0 unspecified atom stereocenters. The highest BCUT2D eigenvalue weighted by molar-refractivity contribution is 7.14. The molecule has 1 N–H and O–H groups in total. The first-order valence-corrected chi connectivity index (χ1v) is 12.2. The molecule has 1 fully saturated rings. The number of nitrogens with zero attached hydrogens (tertiary/aromatic N) is 7. The van der Waals surface area contributed by atoms with Crippen LogP contribution >= 0.6 is 11.3 Å². The Labute approximate surface area is 203 Å². The SMILES string of the molecule is Cc1nc(Nc2nc(C(=O)N(C)CCc3ccncc3)cs2)cc([C@H]2CCCN(CC#N)C2)n1. The molecule has 0 spiro atoms. The van der Waals surface area contributed by atoms with Gasteiger partial charge in [0, 0.05) is 49.9 Å². The summed E-state index contributed by atoms with van der Waals surface area (Å²) in [7, 11) is 1.79. The van der Waals surface area contributed by atoms with Crippen LogP contribution in [-0.2, 0) is 6.42 Å². The summed E-state index contributed by atoms with van der Waals surface area (Å²) in [6, 6.07) is 8.10. The molecule has 1 amide bonds. The average molecular weight is 477 g/mol. The molecule has 1 aliphatic heterocycles. The third-order valence-electron chi connectivity index (χ3n) is 5.87.